The molecular weight excluding hydrogens is 384 g/mol. The maximum Gasteiger partial charge on any atom is 0.321 e. The standard InChI is InChI=1S/C16H13ClN2O4S2/c17-16-12(8-11-4-1-2-5-13(11)19-16)10-23-14(20)9-18-25(21,22)15-6-3-7-24-15/h1-8,18H,9-10H2. The van der Waals surface area contributed by atoms with Gasteiger partial charge in [-0.25, -0.2) is 13.4 Å². The van der Waals surface area contributed by atoms with Gasteiger partial charge in [0.05, 0.1) is 5.52 Å². The second-order valence-electron chi connectivity index (χ2n) is 5.05. The third-order valence-electron chi connectivity index (χ3n) is 3.31. The lowest BCUT2D eigenvalue weighted by molar-refractivity contribution is -0.143. The van der Waals surface area contributed by atoms with Gasteiger partial charge >= 0.3 is 5.97 Å². The summed E-state index contributed by atoms with van der Waals surface area (Å²) < 4.78 is 31.3. The summed E-state index contributed by atoms with van der Waals surface area (Å²) in [6, 6.07) is 12.3. The van der Waals surface area contributed by atoms with Crippen molar-refractivity contribution in [2.24, 2.45) is 0 Å². The van der Waals surface area contributed by atoms with E-state index in [9.17, 15) is 13.2 Å². The van der Waals surface area contributed by atoms with Crippen molar-refractivity contribution in [3.8, 4) is 0 Å². The molecule has 0 atom stereocenters. The van der Waals surface area contributed by atoms with Crippen LogP contribution in [0.2, 0.25) is 5.15 Å². The van der Waals surface area contributed by atoms with Crippen LogP contribution in [-0.4, -0.2) is 25.9 Å². The number of halogens is 1. The number of hydrogen-bond donors (Lipinski definition) is 1. The van der Waals surface area contributed by atoms with Crippen molar-refractivity contribution < 1.29 is 17.9 Å². The third kappa shape index (κ3) is 4.35. The molecule has 0 aliphatic rings. The zero-order chi connectivity index (χ0) is 17.9. The smallest absolute Gasteiger partial charge is 0.321 e. The fourth-order valence-corrected chi connectivity index (χ4v) is 4.29. The Hall–Kier alpha value is -2.00. The molecule has 0 bridgehead atoms. The molecule has 3 aromatic rings. The highest BCUT2D eigenvalue weighted by Crippen LogP contribution is 2.21. The number of hydrogen-bond acceptors (Lipinski definition) is 6. The van der Waals surface area contributed by atoms with Crippen molar-refractivity contribution >= 4 is 49.8 Å². The number of sulfonamides is 1. The normalized spacial score (nSPS) is 11.6. The summed E-state index contributed by atoms with van der Waals surface area (Å²) in [4.78, 5) is 16.0. The zero-order valence-corrected chi connectivity index (χ0v) is 15.2. The number of nitrogens with one attached hydrogen (secondary N) is 1. The summed E-state index contributed by atoms with van der Waals surface area (Å²) in [5.41, 5.74) is 1.29. The van der Waals surface area contributed by atoms with Gasteiger partial charge in [0.15, 0.2) is 0 Å². The van der Waals surface area contributed by atoms with E-state index >= 15 is 0 Å². The number of esters is 1. The molecule has 0 aliphatic heterocycles. The number of aromatic nitrogens is 1. The number of fused-ring (bicyclic) bond motifs is 1. The molecule has 6 nitrogen and oxygen atoms in total. The van der Waals surface area contributed by atoms with E-state index in [4.69, 9.17) is 16.3 Å². The molecule has 9 heteroatoms. The molecule has 0 saturated carbocycles. The van der Waals surface area contributed by atoms with Crippen molar-refractivity contribution in [1.82, 2.24) is 9.71 Å². The van der Waals surface area contributed by atoms with Crippen molar-refractivity contribution in [3.05, 3.63) is 58.6 Å². The van der Waals surface area contributed by atoms with E-state index in [1.807, 2.05) is 24.3 Å². The maximum absolute atomic E-state index is 11.9. The number of pyridine rings is 1. The maximum atomic E-state index is 11.9. The minimum atomic E-state index is -3.70. The van der Waals surface area contributed by atoms with Crippen molar-refractivity contribution in [1.29, 1.82) is 0 Å². The van der Waals surface area contributed by atoms with Crippen LogP contribution in [0.5, 0.6) is 0 Å². The Bertz CT molecular complexity index is 1000. The highest BCUT2D eigenvalue weighted by molar-refractivity contribution is 7.91. The number of para-hydroxylation sites is 1. The zero-order valence-electron chi connectivity index (χ0n) is 12.8. The first-order chi connectivity index (χ1) is 12.0. The first-order valence-corrected chi connectivity index (χ1v) is 9.93. The number of thiophene rings is 1. The van der Waals surface area contributed by atoms with Gasteiger partial charge in [0, 0.05) is 10.9 Å². The lowest BCUT2D eigenvalue weighted by atomic mass is 10.2. The van der Waals surface area contributed by atoms with Gasteiger partial charge in [-0.2, -0.15) is 4.72 Å². The van der Waals surface area contributed by atoms with E-state index in [1.54, 1.807) is 17.5 Å². The van der Waals surface area contributed by atoms with Crippen LogP contribution in [0.1, 0.15) is 5.56 Å². The van der Waals surface area contributed by atoms with Crippen LogP contribution in [0.25, 0.3) is 10.9 Å². The summed E-state index contributed by atoms with van der Waals surface area (Å²) in [6.07, 6.45) is 0. The van der Waals surface area contributed by atoms with Crippen molar-refractivity contribution in [2.75, 3.05) is 6.54 Å². The molecule has 0 unspecified atom stereocenters. The predicted molar refractivity (Wildman–Crippen MR) is 96.1 cm³/mol. The Morgan fingerprint density at radius 3 is 2.80 bits per heavy atom. The van der Waals surface area contributed by atoms with E-state index in [-0.39, 0.29) is 16.0 Å². The molecule has 1 N–H and O–H groups in total. The molecule has 0 saturated heterocycles. The molecular formula is C16H13ClN2O4S2. The van der Waals surface area contributed by atoms with E-state index in [1.165, 1.54) is 6.07 Å². The van der Waals surface area contributed by atoms with Gasteiger partial charge in [-0.1, -0.05) is 35.9 Å². The van der Waals surface area contributed by atoms with Crippen LogP contribution < -0.4 is 4.72 Å². The van der Waals surface area contributed by atoms with Crippen LogP contribution in [0.15, 0.2) is 52.1 Å². The molecule has 1 aromatic carbocycles. The number of nitrogens with zero attached hydrogens (tertiary/aromatic N) is 1. The molecule has 0 amide bonds. The Balaban J connectivity index is 1.60. The molecule has 130 valence electrons. The topological polar surface area (TPSA) is 85.4 Å². The van der Waals surface area contributed by atoms with Gasteiger partial charge in [0.2, 0.25) is 0 Å². The molecule has 25 heavy (non-hydrogen) atoms. The van der Waals surface area contributed by atoms with Gasteiger partial charge < -0.3 is 4.74 Å². The molecule has 0 aliphatic carbocycles. The molecule has 2 heterocycles. The predicted octanol–water partition coefficient (Wildman–Crippen LogP) is 2.97. The monoisotopic (exact) mass is 396 g/mol. The highest BCUT2D eigenvalue weighted by Gasteiger charge is 2.17. The first kappa shape index (κ1) is 17.8. The number of rotatable bonds is 6. The quantitative estimate of drug-likeness (QED) is 0.511. The summed E-state index contributed by atoms with van der Waals surface area (Å²) in [5.74, 6) is -0.704. The molecule has 3 rings (SSSR count). The van der Waals surface area contributed by atoms with E-state index in [2.05, 4.69) is 9.71 Å². The molecule has 0 spiro atoms. The third-order valence-corrected chi connectivity index (χ3v) is 6.43. The highest BCUT2D eigenvalue weighted by atomic mass is 35.5. The van der Waals surface area contributed by atoms with E-state index < -0.39 is 22.5 Å². The van der Waals surface area contributed by atoms with E-state index in [0.29, 0.717) is 5.56 Å². The Morgan fingerprint density at radius 1 is 1.24 bits per heavy atom. The van der Waals surface area contributed by atoms with Gasteiger partial charge in [0.1, 0.15) is 22.5 Å². The van der Waals surface area contributed by atoms with Gasteiger partial charge in [0.25, 0.3) is 10.0 Å². The second-order valence-corrected chi connectivity index (χ2v) is 8.35. The van der Waals surface area contributed by atoms with E-state index in [0.717, 1.165) is 22.2 Å². The van der Waals surface area contributed by atoms with Crippen molar-refractivity contribution in [2.45, 2.75) is 10.8 Å². The van der Waals surface area contributed by atoms with Crippen LogP contribution in [0, 0.1) is 0 Å². The van der Waals surface area contributed by atoms with Gasteiger partial charge in [-0.05, 0) is 23.6 Å². The molecule has 2 aromatic heterocycles. The fourth-order valence-electron chi connectivity index (χ4n) is 2.09. The summed E-state index contributed by atoms with van der Waals surface area (Å²) >= 11 is 7.16. The Morgan fingerprint density at radius 2 is 2.04 bits per heavy atom. The van der Waals surface area contributed by atoms with Crippen LogP contribution in [0.4, 0.5) is 0 Å². The SMILES string of the molecule is O=C(CNS(=O)(=O)c1cccs1)OCc1cc2ccccc2nc1Cl. The fraction of sp³-hybridized carbons (Fsp3) is 0.125. The van der Waals surface area contributed by atoms with Gasteiger partial charge in [-0.3, -0.25) is 4.79 Å². The lowest BCUT2D eigenvalue weighted by Gasteiger charge is -2.08. The Labute approximate surface area is 153 Å². The van der Waals surface area contributed by atoms with Crippen LogP contribution in [0.3, 0.4) is 0 Å². The first-order valence-electron chi connectivity index (χ1n) is 7.19. The summed E-state index contributed by atoms with van der Waals surface area (Å²) in [6.45, 7) is -0.547. The van der Waals surface area contributed by atoms with Crippen LogP contribution in [-0.2, 0) is 26.2 Å². The summed E-state index contributed by atoms with van der Waals surface area (Å²) in [5, 5.41) is 2.75. The van der Waals surface area contributed by atoms with Crippen molar-refractivity contribution in [3.63, 3.8) is 0 Å². The minimum absolute atomic E-state index is 0.0871. The average molecular weight is 397 g/mol. The van der Waals surface area contributed by atoms with Crippen LogP contribution >= 0.6 is 22.9 Å². The number of carbonyl (C=O) groups excluding carboxylic acids is 1. The molecule has 0 radical (unpaired) electrons. The largest absolute Gasteiger partial charge is 0.460 e. The second kappa shape index (κ2) is 7.49. The van der Waals surface area contributed by atoms with Gasteiger partial charge in [-0.15, -0.1) is 11.3 Å². The average Bonchev–Trinajstić information content (AvgIpc) is 3.14. The number of benzene rings is 1. The minimum Gasteiger partial charge on any atom is -0.460 e. The number of ether oxygens (including phenoxy) is 1. The number of carbonyl (C=O) groups is 1. The molecule has 0 fully saturated rings. The lowest BCUT2D eigenvalue weighted by Crippen LogP contribution is -2.30. The summed E-state index contributed by atoms with van der Waals surface area (Å²) in [7, 11) is -3.70. The Kier molecular flexibility index (Phi) is 5.33.